The van der Waals surface area contributed by atoms with Gasteiger partial charge in [-0.2, -0.15) is 0 Å². The van der Waals surface area contributed by atoms with Crippen LogP contribution in [-0.2, 0) is 7.05 Å². The standard InChI is InChI=1S/C12H20N4O3/c1-15-10(13)9(11(18)14-12(15)19)16(6-3-7-17)8-4-2-5-8/h8,17H,2-7,13H2,1H3,(H,14,18,19). The van der Waals surface area contributed by atoms with Crippen molar-refractivity contribution in [3.63, 3.8) is 0 Å². The molecular formula is C12H20N4O3. The van der Waals surface area contributed by atoms with Crippen molar-refractivity contribution < 1.29 is 5.11 Å². The number of hydrogen-bond donors (Lipinski definition) is 3. The van der Waals surface area contributed by atoms with Crippen molar-refractivity contribution in [1.82, 2.24) is 9.55 Å². The highest BCUT2D eigenvalue weighted by atomic mass is 16.3. The van der Waals surface area contributed by atoms with Gasteiger partial charge >= 0.3 is 5.69 Å². The van der Waals surface area contributed by atoms with Crippen LogP contribution < -0.4 is 21.9 Å². The summed E-state index contributed by atoms with van der Waals surface area (Å²) in [6.07, 6.45) is 3.71. The van der Waals surface area contributed by atoms with Crippen LogP contribution in [0.4, 0.5) is 11.5 Å². The van der Waals surface area contributed by atoms with Gasteiger partial charge < -0.3 is 15.7 Å². The molecule has 19 heavy (non-hydrogen) atoms. The molecular weight excluding hydrogens is 248 g/mol. The number of hydrogen-bond acceptors (Lipinski definition) is 5. The third-order valence-corrected chi connectivity index (χ3v) is 3.70. The Hall–Kier alpha value is -1.76. The van der Waals surface area contributed by atoms with Crippen LogP contribution in [0.2, 0.25) is 0 Å². The molecule has 0 aliphatic heterocycles. The fraction of sp³-hybridized carbons (Fsp3) is 0.667. The molecule has 7 heteroatoms. The second-order valence-corrected chi connectivity index (χ2v) is 4.91. The average molecular weight is 268 g/mol. The minimum atomic E-state index is -0.512. The molecule has 1 heterocycles. The molecule has 1 aromatic rings. The van der Waals surface area contributed by atoms with Crippen molar-refractivity contribution in [1.29, 1.82) is 0 Å². The van der Waals surface area contributed by atoms with Gasteiger partial charge in [0, 0.05) is 26.2 Å². The van der Waals surface area contributed by atoms with Gasteiger partial charge in [0.15, 0.2) is 0 Å². The molecule has 4 N–H and O–H groups in total. The zero-order valence-corrected chi connectivity index (χ0v) is 11.1. The van der Waals surface area contributed by atoms with Crippen LogP contribution in [0.1, 0.15) is 25.7 Å². The van der Waals surface area contributed by atoms with Gasteiger partial charge in [0.2, 0.25) is 0 Å². The van der Waals surface area contributed by atoms with Gasteiger partial charge in [-0.25, -0.2) is 4.79 Å². The fourth-order valence-corrected chi connectivity index (χ4v) is 2.32. The third kappa shape index (κ3) is 2.51. The predicted octanol–water partition coefficient (Wildman–Crippen LogP) is -0.603. The van der Waals surface area contributed by atoms with E-state index in [4.69, 9.17) is 10.8 Å². The van der Waals surface area contributed by atoms with E-state index in [1.165, 1.54) is 11.6 Å². The minimum absolute atomic E-state index is 0.0623. The number of aliphatic hydroxyl groups is 1. The lowest BCUT2D eigenvalue weighted by Gasteiger charge is -2.39. The summed E-state index contributed by atoms with van der Waals surface area (Å²) in [4.78, 5) is 27.7. The second-order valence-electron chi connectivity index (χ2n) is 4.91. The first-order chi connectivity index (χ1) is 9.06. The summed E-state index contributed by atoms with van der Waals surface area (Å²) in [5.41, 5.74) is 5.29. The van der Waals surface area contributed by atoms with E-state index in [9.17, 15) is 9.59 Å². The smallest absolute Gasteiger partial charge is 0.329 e. The van der Waals surface area contributed by atoms with E-state index in [2.05, 4.69) is 4.98 Å². The molecule has 7 nitrogen and oxygen atoms in total. The number of aromatic nitrogens is 2. The maximum atomic E-state index is 12.0. The lowest BCUT2D eigenvalue weighted by Crippen LogP contribution is -2.46. The Bertz CT molecular complexity index is 559. The Kier molecular flexibility index (Phi) is 3.94. The Morgan fingerprint density at radius 3 is 2.68 bits per heavy atom. The molecule has 0 unspecified atom stereocenters. The quantitative estimate of drug-likeness (QED) is 0.661. The number of rotatable bonds is 5. The van der Waals surface area contributed by atoms with Crippen molar-refractivity contribution in [2.24, 2.45) is 7.05 Å². The number of aromatic amines is 1. The Balaban J connectivity index is 2.43. The Labute approximate surface area is 110 Å². The molecule has 0 atom stereocenters. The van der Waals surface area contributed by atoms with Crippen molar-refractivity contribution >= 4 is 11.5 Å². The third-order valence-electron chi connectivity index (χ3n) is 3.70. The normalized spacial score (nSPS) is 15.3. The Morgan fingerprint density at radius 1 is 1.47 bits per heavy atom. The molecule has 0 radical (unpaired) electrons. The van der Waals surface area contributed by atoms with Gasteiger partial charge in [-0.1, -0.05) is 0 Å². The van der Waals surface area contributed by atoms with Gasteiger partial charge in [0.1, 0.15) is 11.5 Å². The monoisotopic (exact) mass is 268 g/mol. The molecule has 1 fully saturated rings. The lowest BCUT2D eigenvalue weighted by atomic mass is 9.91. The summed E-state index contributed by atoms with van der Waals surface area (Å²) < 4.78 is 1.24. The van der Waals surface area contributed by atoms with E-state index in [0.29, 0.717) is 18.7 Å². The van der Waals surface area contributed by atoms with E-state index in [1.54, 1.807) is 0 Å². The molecule has 0 amide bonds. The molecule has 1 aliphatic carbocycles. The van der Waals surface area contributed by atoms with Gasteiger partial charge in [0.25, 0.3) is 5.56 Å². The summed E-state index contributed by atoms with van der Waals surface area (Å²) in [6.45, 7) is 0.624. The molecule has 0 spiro atoms. The zero-order valence-electron chi connectivity index (χ0n) is 11.1. The van der Waals surface area contributed by atoms with Gasteiger partial charge in [0.05, 0.1) is 0 Å². The van der Waals surface area contributed by atoms with Crippen molar-refractivity contribution in [2.45, 2.75) is 31.7 Å². The molecule has 1 saturated carbocycles. The second kappa shape index (κ2) is 5.48. The van der Waals surface area contributed by atoms with Gasteiger partial charge in [-0.15, -0.1) is 0 Å². The maximum Gasteiger partial charge on any atom is 0.329 e. The van der Waals surface area contributed by atoms with Crippen molar-refractivity contribution in [3.8, 4) is 0 Å². The first kappa shape index (κ1) is 13.7. The number of nitrogen functional groups attached to an aromatic ring is 1. The number of nitrogens with two attached hydrogens (primary N) is 1. The van der Waals surface area contributed by atoms with Crippen LogP contribution in [-0.4, -0.2) is 33.9 Å². The molecule has 2 rings (SSSR count). The molecule has 0 saturated heterocycles. The molecule has 1 aromatic heterocycles. The highest BCUT2D eigenvalue weighted by Crippen LogP contribution is 2.30. The van der Waals surface area contributed by atoms with Gasteiger partial charge in [-0.3, -0.25) is 14.3 Å². The van der Waals surface area contributed by atoms with E-state index < -0.39 is 11.2 Å². The number of nitrogens with zero attached hydrogens (tertiary/aromatic N) is 2. The van der Waals surface area contributed by atoms with Gasteiger partial charge in [-0.05, 0) is 25.7 Å². The van der Waals surface area contributed by atoms with Crippen molar-refractivity contribution in [3.05, 3.63) is 20.8 Å². The molecule has 0 aromatic carbocycles. The maximum absolute atomic E-state index is 12.0. The minimum Gasteiger partial charge on any atom is -0.396 e. The van der Waals surface area contributed by atoms with E-state index >= 15 is 0 Å². The fourth-order valence-electron chi connectivity index (χ4n) is 2.32. The van der Waals surface area contributed by atoms with Crippen LogP contribution in [0.5, 0.6) is 0 Å². The molecule has 106 valence electrons. The molecule has 0 bridgehead atoms. The zero-order chi connectivity index (χ0) is 14.0. The van der Waals surface area contributed by atoms with Crippen LogP contribution in [0.25, 0.3) is 0 Å². The van der Waals surface area contributed by atoms with Crippen LogP contribution >= 0.6 is 0 Å². The number of aliphatic hydroxyl groups excluding tert-OH is 1. The number of anilines is 2. The SMILES string of the molecule is Cn1c(N)c(N(CCCO)C2CCC2)c(=O)[nH]c1=O. The highest BCUT2D eigenvalue weighted by Gasteiger charge is 2.28. The van der Waals surface area contributed by atoms with E-state index in [1.807, 2.05) is 4.90 Å². The highest BCUT2D eigenvalue weighted by molar-refractivity contribution is 5.63. The predicted molar refractivity (Wildman–Crippen MR) is 73.4 cm³/mol. The average Bonchev–Trinajstić information content (AvgIpc) is 2.30. The summed E-state index contributed by atoms with van der Waals surface area (Å²) in [7, 11) is 1.53. The summed E-state index contributed by atoms with van der Waals surface area (Å²) >= 11 is 0. The topological polar surface area (TPSA) is 104 Å². The molecule has 1 aliphatic rings. The summed E-state index contributed by atoms with van der Waals surface area (Å²) in [5.74, 6) is 0.179. The number of nitrogens with one attached hydrogen (secondary N) is 1. The van der Waals surface area contributed by atoms with Crippen LogP contribution in [0, 0.1) is 0 Å². The first-order valence-corrected chi connectivity index (χ1v) is 6.52. The number of H-pyrrole nitrogens is 1. The first-order valence-electron chi connectivity index (χ1n) is 6.52. The van der Waals surface area contributed by atoms with Crippen molar-refractivity contribution in [2.75, 3.05) is 23.8 Å². The Morgan fingerprint density at radius 2 is 2.16 bits per heavy atom. The lowest BCUT2D eigenvalue weighted by molar-refractivity contribution is 0.283. The van der Waals surface area contributed by atoms with E-state index in [0.717, 1.165) is 19.3 Å². The van der Waals surface area contributed by atoms with Crippen LogP contribution in [0.3, 0.4) is 0 Å². The summed E-state index contributed by atoms with van der Waals surface area (Å²) in [6, 6.07) is 0.271. The summed E-state index contributed by atoms with van der Waals surface area (Å²) in [5, 5.41) is 8.97. The van der Waals surface area contributed by atoms with E-state index in [-0.39, 0.29) is 18.5 Å². The van der Waals surface area contributed by atoms with Crippen LogP contribution in [0.15, 0.2) is 9.59 Å². The largest absolute Gasteiger partial charge is 0.396 e.